The van der Waals surface area contributed by atoms with E-state index in [1.54, 1.807) is 30.3 Å². The molecule has 0 spiro atoms. The summed E-state index contributed by atoms with van der Waals surface area (Å²) in [6.45, 7) is 0.301. The largest absolute Gasteiger partial charge is 0.459 e. The Labute approximate surface area is 153 Å². The molecule has 0 saturated carbocycles. The van der Waals surface area contributed by atoms with Gasteiger partial charge in [-0.2, -0.15) is 13.2 Å². The number of amides is 2. The molecule has 0 aliphatic rings. The first-order valence-corrected chi connectivity index (χ1v) is 8.09. The number of benzene rings is 1. The van der Waals surface area contributed by atoms with E-state index in [2.05, 4.69) is 15.4 Å². The number of furan rings is 1. The lowest BCUT2D eigenvalue weighted by molar-refractivity contribution is -0.176. The molecular formula is C18H19F3N2O4. The predicted octanol–water partition coefficient (Wildman–Crippen LogP) is 2.79. The molecule has 0 fully saturated rings. The zero-order valence-electron chi connectivity index (χ0n) is 14.5. The maximum Gasteiger partial charge on any atom is 0.411 e. The number of nitrogens with one attached hydrogen (secondary N) is 2. The Kier molecular flexibility index (Phi) is 7.00. The van der Waals surface area contributed by atoms with E-state index < -0.39 is 24.7 Å². The van der Waals surface area contributed by atoms with Crippen LogP contribution < -0.4 is 10.6 Å². The van der Waals surface area contributed by atoms with Crippen LogP contribution in [-0.2, 0) is 22.7 Å². The van der Waals surface area contributed by atoms with E-state index in [0.29, 0.717) is 5.56 Å². The minimum absolute atomic E-state index is 0.109. The van der Waals surface area contributed by atoms with Gasteiger partial charge in [-0.1, -0.05) is 24.3 Å². The molecule has 1 aromatic heterocycles. The summed E-state index contributed by atoms with van der Waals surface area (Å²) in [5, 5.41) is 5.18. The first-order valence-electron chi connectivity index (χ1n) is 8.09. The molecule has 1 aromatic carbocycles. The molecule has 9 heteroatoms. The van der Waals surface area contributed by atoms with Crippen LogP contribution in [0.25, 0.3) is 0 Å². The van der Waals surface area contributed by atoms with Crippen LogP contribution in [0.3, 0.4) is 0 Å². The van der Waals surface area contributed by atoms with Crippen LogP contribution in [0.4, 0.5) is 13.2 Å². The summed E-state index contributed by atoms with van der Waals surface area (Å²) in [7, 11) is 0. The van der Waals surface area contributed by atoms with Gasteiger partial charge < -0.3 is 19.8 Å². The minimum Gasteiger partial charge on any atom is -0.459 e. The van der Waals surface area contributed by atoms with Crippen molar-refractivity contribution in [3.63, 3.8) is 0 Å². The summed E-state index contributed by atoms with van der Waals surface area (Å²) in [5.41, 5.74) is 1.35. The van der Waals surface area contributed by atoms with Crippen molar-refractivity contribution in [1.82, 2.24) is 10.6 Å². The molecule has 0 unspecified atom stereocenters. The molecule has 0 bridgehead atoms. The van der Waals surface area contributed by atoms with Crippen LogP contribution in [0.15, 0.2) is 47.1 Å². The Morgan fingerprint density at radius 1 is 1.15 bits per heavy atom. The minimum atomic E-state index is -4.35. The van der Waals surface area contributed by atoms with Gasteiger partial charge in [-0.05, 0) is 30.2 Å². The predicted molar refractivity (Wildman–Crippen MR) is 89.6 cm³/mol. The highest BCUT2D eigenvalue weighted by Crippen LogP contribution is 2.15. The number of carbonyl (C=O) groups excluding carboxylic acids is 2. The van der Waals surface area contributed by atoms with Crippen molar-refractivity contribution in [3.05, 3.63) is 59.5 Å². The highest BCUT2D eigenvalue weighted by Gasteiger charge is 2.27. The molecule has 27 heavy (non-hydrogen) atoms. The van der Waals surface area contributed by atoms with Crippen molar-refractivity contribution in [2.24, 2.45) is 0 Å². The van der Waals surface area contributed by atoms with Gasteiger partial charge in [0, 0.05) is 6.54 Å². The first kappa shape index (κ1) is 20.5. The third-order valence-electron chi connectivity index (χ3n) is 3.51. The number of hydrogen-bond acceptors (Lipinski definition) is 4. The van der Waals surface area contributed by atoms with Crippen LogP contribution in [0.5, 0.6) is 0 Å². The molecule has 0 saturated heterocycles. The fourth-order valence-corrected chi connectivity index (χ4v) is 2.12. The third kappa shape index (κ3) is 7.14. The number of ether oxygens (including phenoxy) is 1. The zero-order valence-corrected chi connectivity index (χ0v) is 14.5. The Bertz CT molecular complexity index is 743. The highest BCUT2D eigenvalue weighted by molar-refractivity contribution is 5.95. The van der Waals surface area contributed by atoms with Crippen molar-refractivity contribution in [1.29, 1.82) is 0 Å². The maximum atomic E-state index is 12.0. The van der Waals surface area contributed by atoms with Crippen molar-refractivity contribution in [2.75, 3.05) is 6.61 Å². The Morgan fingerprint density at radius 3 is 2.41 bits per heavy atom. The monoisotopic (exact) mass is 384 g/mol. The van der Waals surface area contributed by atoms with E-state index in [1.807, 2.05) is 0 Å². The fourth-order valence-electron chi connectivity index (χ4n) is 2.12. The van der Waals surface area contributed by atoms with Gasteiger partial charge in [-0.25, -0.2) is 0 Å². The quantitative estimate of drug-likeness (QED) is 0.734. The summed E-state index contributed by atoms with van der Waals surface area (Å²) in [6, 6.07) is 8.90. The summed E-state index contributed by atoms with van der Waals surface area (Å²) < 4.78 is 45.6. The second kappa shape index (κ2) is 9.22. The van der Waals surface area contributed by atoms with Crippen molar-refractivity contribution < 1.29 is 31.9 Å². The van der Waals surface area contributed by atoms with Gasteiger partial charge in [0.25, 0.3) is 5.91 Å². The smallest absolute Gasteiger partial charge is 0.411 e. The summed E-state index contributed by atoms with van der Waals surface area (Å²) >= 11 is 0. The Balaban J connectivity index is 1.75. The van der Waals surface area contributed by atoms with E-state index >= 15 is 0 Å². The number of rotatable bonds is 8. The van der Waals surface area contributed by atoms with Crippen LogP contribution in [0, 0.1) is 0 Å². The molecule has 2 aromatic rings. The lowest BCUT2D eigenvalue weighted by Gasteiger charge is -2.13. The van der Waals surface area contributed by atoms with Gasteiger partial charge in [-0.3, -0.25) is 9.59 Å². The van der Waals surface area contributed by atoms with Crippen molar-refractivity contribution in [2.45, 2.75) is 32.3 Å². The molecule has 0 radical (unpaired) electrons. The number of carbonyl (C=O) groups is 2. The van der Waals surface area contributed by atoms with Gasteiger partial charge in [0.05, 0.1) is 12.9 Å². The number of halogens is 3. The molecular weight excluding hydrogens is 365 g/mol. The molecule has 2 N–H and O–H groups in total. The van der Waals surface area contributed by atoms with Gasteiger partial charge >= 0.3 is 6.18 Å². The maximum absolute atomic E-state index is 12.0. The average molecular weight is 384 g/mol. The summed E-state index contributed by atoms with van der Waals surface area (Å²) in [4.78, 5) is 23.9. The molecule has 146 valence electrons. The third-order valence-corrected chi connectivity index (χ3v) is 3.51. The molecule has 1 heterocycles. The zero-order chi connectivity index (χ0) is 19.9. The van der Waals surface area contributed by atoms with Crippen LogP contribution >= 0.6 is 0 Å². The summed E-state index contributed by atoms with van der Waals surface area (Å²) in [6.07, 6.45) is -3.00. The highest BCUT2D eigenvalue weighted by atomic mass is 19.4. The van der Waals surface area contributed by atoms with Gasteiger partial charge in [0.15, 0.2) is 5.76 Å². The van der Waals surface area contributed by atoms with E-state index in [-0.39, 0.29) is 24.8 Å². The van der Waals surface area contributed by atoms with E-state index in [0.717, 1.165) is 5.56 Å². The molecule has 0 aliphatic heterocycles. The molecule has 1 atom stereocenters. The van der Waals surface area contributed by atoms with Gasteiger partial charge in [0.1, 0.15) is 12.6 Å². The van der Waals surface area contributed by atoms with E-state index in [1.165, 1.54) is 19.3 Å². The topological polar surface area (TPSA) is 80.6 Å². The lowest BCUT2D eigenvalue weighted by atomic mass is 10.1. The second-order valence-electron chi connectivity index (χ2n) is 5.81. The molecule has 2 rings (SSSR count). The standard InChI is InChI=1S/C18H19F3N2O4/c1-12(23-17(25)15-3-2-8-27-15)16(24)22-9-13-4-6-14(7-5-13)10-26-11-18(19,20)21/h2-8,12H,9-11H2,1H3,(H,22,24)(H,23,25)/t12-/m1/s1. The van der Waals surface area contributed by atoms with E-state index in [4.69, 9.17) is 4.42 Å². The van der Waals surface area contributed by atoms with E-state index in [9.17, 15) is 22.8 Å². The number of alkyl halides is 3. The van der Waals surface area contributed by atoms with Crippen LogP contribution in [0.1, 0.15) is 28.6 Å². The average Bonchev–Trinajstić information content (AvgIpc) is 3.14. The summed E-state index contributed by atoms with van der Waals surface area (Å²) in [5.74, 6) is -0.767. The second-order valence-corrected chi connectivity index (χ2v) is 5.81. The normalized spacial score (nSPS) is 12.4. The van der Waals surface area contributed by atoms with Crippen LogP contribution in [0.2, 0.25) is 0 Å². The van der Waals surface area contributed by atoms with Crippen molar-refractivity contribution >= 4 is 11.8 Å². The Morgan fingerprint density at radius 2 is 1.81 bits per heavy atom. The van der Waals surface area contributed by atoms with Crippen molar-refractivity contribution in [3.8, 4) is 0 Å². The SMILES string of the molecule is C[C@@H](NC(=O)c1ccco1)C(=O)NCc1ccc(COCC(F)(F)F)cc1. The molecule has 2 amide bonds. The molecule has 6 nitrogen and oxygen atoms in total. The molecule has 0 aliphatic carbocycles. The number of hydrogen-bond donors (Lipinski definition) is 2. The first-order chi connectivity index (χ1) is 12.7. The van der Waals surface area contributed by atoms with Gasteiger partial charge in [-0.15, -0.1) is 0 Å². The van der Waals surface area contributed by atoms with Crippen LogP contribution in [-0.4, -0.2) is 30.6 Å². The van der Waals surface area contributed by atoms with Gasteiger partial charge in [0.2, 0.25) is 5.91 Å². The fraction of sp³-hybridized carbons (Fsp3) is 0.333. The Hall–Kier alpha value is -2.81. The lowest BCUT2D eigenvalue weighted by Crippen LogP contribution is -2.44.